The molecule has 2 fully saturated rings. The molecule has 2 heterocycles. The monoisotopic (exact) mass is 186 g/mol. The van der Waals surface area contributed by atoms with Crippen molar-refractivity contribution >= 4 is 0 Å². The summed E-state index contributed by atoms with van der Waals surface area (Å²) in [6, 6.07) is 0.375. The van der Waals surface area contributed by atoms with Gasteiger partial charge in [0.1, 0.15) is 6.79 Å². The fraction of sp³-hybridized carbons (Fsp3) is 1.00. The molecule has 2 saturated heterocycles. The van der Waals surface area contributed by atoms with Crippen molar-refractivity contribution in [2.45, 2.75) is 25.0 Å². The molecule has 2 N–H and O–H groups in total. The Morgan fingerprint density at radius 3 is 2.92 bits per heavy atom. The second-order valence-corrected chi connectivity index (χ2v) is 3.91. The van der Waals surface area contributed by atoms with Gasteiger partial charge in [0.15, 0.2) is 0 Å². The highest BCUT2D eigenvalue weighted by Crippen LogP contribution is 2.12. The van der Waals surface area contributed by atoms with Crippen LogP contribution in [0, 0.1) is 0 Å². The molecule has 0 amide bonds. The second kappa shape index (κ2) is 4.37. The van der Waals surface area contributed by atoms with Gasteiger partial charge in [-0.3, -0.25) is 4.90 Å². The molecule has 4 nitrogen and oxygen atoms in total. The fourth-order valence-corrected chi connectivity index (χ4v) is 1.96. The van der Waals surface area contributed by atoms with Gasteiger partial charge < -0.3 is 15.2 Å². The van der Waals surface area contributed by atoms with Crippen molar-refractivity contribution < 1.29 is 9.47 Å². The molecule has 0 radical (unpaired) electrons. The van der Waals surface area contributed by atoms with Crippen molar-refractivity contribution in [3.8, 4) is 0 Å². The summed E-state index contributed by atoms with van der Waals surface area (Å²) in [6.45, 7) is 4.48. The average Bonchev–Trinajstić information content (AvgIpc) is 2.53. The molecule has 1 unspecified atom stereocenters. The van der Waals surface area contributed by atoms with Crippen molar-refractivity contribution in [3.05, 3.63) is 0 Å². The minimum atomic E-state index is 0.360. The molecule has 0 aromatic carbocycles. The molecule has 0 aromatic heterocycles. The van der Waals surface area contributed by atoms with Crippen molar-refractivity contribution in [2.24, 2.45) is 5.73 Å². The summed E-state index contributed by atoms with van der Waals surface area (Å²) in [5.74, 6) is 0. The third-order valence-corrected chi connectivity index (χ3v) is 2.74. The third-order valence-electron chi connectivity index (χ3n) is 2.74. The number of nitrogens with zero attached hydrogens (tertiary/aromatic N) is 1. The smallest absolute Gasteiger partial charge is 0.147 e. The zero-order chi connectivity index (χ0) is 9.10. The van der Waals surface area contributed by atoms with E-state index in [0.29, 0.717) is 18.9 Å². The highest BCUT2D eigenvalue weighted by atomic mass is 16.7. The van der Waals surface area contributed by atoms with Gasteiger partial charge in [0.2, 0.25) is 0 Å². The third kappa shape index (κ3) is 2.64. The first-order valence-corrected chi connectivity index (χ1v) is 5.02. The van der Waals surface area contributed by atoms with Gasteiger partial charge in [-0.2, -0.15) is 0 Å². The Labute approximate surface area is 79.0 Å². The Hall–Kier alpha value is -0.160. The Kier molecular flexibility index (Phi) is 3.16. The van der Waals surface area contributed by atoms with Gasteiger partial charge in [0.05, 0.1) is 12.7 Å². The van der Waals surface area contributed by atoms with Gasteiger partial charge >= 0.3 is 0 Å². The quantitative estimate of drug-likeness (QED) is 0.648. The van der Waals surface area contributed by atoms with Crippen LogP contribution in [0.25, 0.3) is 0 Å². The molecular formula is C9H18N2O2. The van der Waals surface area contributed by atoms with Crippen molar-refractivity contribution in [1.82, 2.24) is 4.90 Å². The Morgan fingerprint density at radius 2 is 2.31 bits per heavy atom. The highest BCUT2D eigenvalue weighted by Gasteiger charge is 2.23. The second-order valence-electron chi connectivity index (χ2n) is 3.91. The van der Waals surface area contributed by atoms with E-state index in [1.807, 2.05) is 0 Å². The van der Waals surface area contributed by atoms with E-state index in [4.69, 9.17) is 15.2 Å². The Morgan fingerprint density at radius 1 is 1.38 bits per heavy atom. The summed E-state index contributed by atoms with van der Waals surface area (Å²) in [7, 11) is 0. The summed E-state index contributed by atoms with van der Waals surface area (Å²) in [4.78, 5) is 2.39. The first-order chi connectivity index (χ1) is 6.34. The van der Waals surface area contributed by atoms with Crippen molar-refractivity contribution in [1.29, 1.82) is 0 Å². The molecule has 0 aliphatic carbocycles. The van der Waals surface area contributed by atoms with Crippen LogP contribution >= 0.6 is 0 Å². The normalized spacial score (nSPS) is 36.7. The number of hydrogen-bond acceptors (Lipinski definition) is 4. The highest BCUT2D eigenvalue weighted by molar-refractivity contribution is 4.80. The van der Waals surface area contributed by atoms with Gasteiger partial charge in [-0.15, -0.1) is 0 Å². The van der Waals surface area contributed by atoms with Crippen molar-refractivity contribution in [2.75, 3.05) is 33.0 Å². The fourth-order valence-electron chi connectivity index (χ4n) is 1.96. The summed E-state index contributed by atoms with van der Waals surface area (Å²) in [6.07, 6.45) is 2.51. The lowest BCUT2D eigenvalue weighted by Crippen LogP contribution is -2.37. The zero-order valence-electron chi connectivity index (χ0n) is 7.95. The van der Waals surface area contributed by atoms with Crippen LogP contribution in [-0.2, 0) is 9.47 Å². The van der Waals surface area contributed by atoms with Crippen LogP contribution in [0.2, 0.25) is 0 Å². The molecule has 2 aliphatic rings. The molecule has 4 heteroatoms. The number of rotatable bonds is 2. The van der Waals surface area contributed by atoms with Crippen LogP contribution in [0.1, 0.15) is 12.8 Å². The number of nitrogens with two attached hydrogens (primary N) is 1. The minimum Gasteiger partial charge on any atom is -0.355 e. The SMILES string of the molecule is N[C@H]1CCN(CC2CCOCO2)C1. The largest absolute Gasteiger partial charge is 0.355 e. The van der Waals surface area contributed by atoms with E-state index in [1.54, 1.807) is 0 Å². The van der Waals surface area contributed by atoms with E-state index in [0.717, 1.165) is 39.1 Å². The van der Waals surface area contributed by atoms with Crippen LogP contribution < -0.4 is 5.73 Å². The minimum absolute atomic E-state index is 0.360. The topological polar surface area (TPSA) is 47.7 Å². The molecule has 0 spiro atoms. The van der Waals surface area contributed by atoms with E-state index >= 15 is 0 Å². The summed E-state index contributed by atoms with van der Waals surface area (Å²) < 4.78 is 10.6. The van der Waals surface area contributed by atoms with E-state index in [1.165, 1.54) is 0 Å². The maximum Gasteiger partial charge on any atom is 0.147 e. The molecule has 0 saturated carbocycles. The number of likely N-dealkylation sites (tertiary alicyclic amines) is 1. The molecule has 2 atom stereocenters. The van der Waals surface area contributed by atoms with E-state index in [2.05, 4.69) is 4.90 Å². The lowest BCUT2D eigenvalue weighted by molar-refractivity contribution is -0.143. The maximum absolute atomic E-state index is 5.82. The molecule has 76 valence electrons. The summed E-state index contributed by atoms with van der Waals surface area (Å²) in [5.41, 5.74) is 5.82. The van der Waals surface area contributed by atoms with Crippen molar-refractivity contribution in [3.63, 3.8) is 0 Å². The molecule has 2 aliphatic heterocycles. The van der Waals surface area contributed by atoms with E-state index in [9.17, 15) is 0 Å². The molecule has 0 aromatic rings. The summed E-state index contributed by atoms with van der Waals surface area (Å²) in [5, 5.41) is 0. The van der Waals surface area contributed by atoms with Crippen LogP contribution in [0.3, 0.4) is 0 Å². The van der Waals surface area contributed by atoms with Gasteiger partial charge in [-0.1, -0.05) is 0 Å². The molecule has 2 rings (SSSR count). The molecule has 13 heavy (non-hydrogen) atoms. The molecule has 0 bridgehead atoms. The van der Waals surface area contributed by atoms with Crippen LogP contribution in [-0.4, -0.2) is 50.1 Å². The van der Waals surface area contributed by atoms with Gasteiger partial charge in [-0.05, 0) is 19.4 Å². The first-order valence-electron chi connectivity index (χ1n) is 5.02. The summed E-state index contributed by atoms with van der Waals surface area (Å²) >= 11 is 0. The van der Waals surface area contributed by atoms with Gasteiger partial charge in [0, 0.05) is 19.1 Å². The number of hydrogen-bond donors (Lipinski definition) is 1. The number of ether oxygens (including phenoxy) is 2. The van der Waals surface area contributed by atoms with E-state index < -0.39 is 0 Å². The standard InChI is InChI=1S/C9H18N2O2/c10-8-1-3-11(5-8)6-9-2-4-12-7-13-9/h8-9H,1-7,10H2/t8-,9?/m0/s1. The molecular weight excluding hydrogens is 168 g/mol. The van der Waals surface area contributed by atoms with Crippen LogP contribution in [0.15, 0.2) is 0 Å². The Bertz CT molecular complexity index is 157. The lowest BCUT2D eigenvalue weighted by Gasteiger charge is -2.27. The van der Waals surface area contributed by atoms with Crippen LogP contribution in [0.5, 0.6) is 0 Å². The predicted molar refractivity (Wildman–Crippen MR) is 49.3 cm³/mol. The van der Waals surface area contributed by atoms with Crippen LogP contribution in [0.4, 0.5) is 0 Å². The zero-order valence-corrected chi connectivity index (χ0v) is 7.95. The lowest BCUT2D eigenvalue weighted by atomic mass is 10.2. The first kappa shape index (κ1) is 9.40. The average molecular weight is 186 g/mol. The van der Waals surface area contributed by atoms with E-state index in [-0.39, 0.29) is 0 Å². The predicted octanol–water partition coefficient (Wildman–Crippen LogP) is -0.218. The maximum atomic E-state index is 5.82. The van der Waals surface area contributed by atoms with Gasteiger partial charge in [0.25, 0.3) is 0 Å². The Balaban J connectivity index is 1.71. The van der Waals surface area contributed by atoms with Gasteiger partial charge in [-0.25, -0.2) is 0 Å².